The predicted octanol–water partition coefficient (Wildman–Crippen LogP) is 2.04. The molecule has 2 aromatic carbocycles. The van der Waals surface area contributed by atoms with Gasteiger partial charge in [-0.1, -0.05) is 50.2 Å². The van der Waals surface area contributed by atoms with Gasteiger partial charge in [0.2, 0.25) is 5.91 Å². The first-order valence-electron chi connectivity index (χ1n) is 12.6. The quantitative estimate of drug-likeness (QED) is 0.337. The topological polar surface area (TPSA) is 128 Å². The number of phenols is 1. The highest BCUT2D eigenvalue weighted by atomic mass is 19.3. The minimum atomic E-state index is -3.43. The highest BCUT2D eigenvalue weighted by Gasteiger charge is 2.64. The number of alkyl halides is 2. The number of hydrogen-bond donors (Lipinski definition) is 4. The lowest BCUT2D eigenvalue weighted by atomic mass is 9.81. The number of methoxy groups -OCH3 is 1. The number of aliphatic hydroxyl groups is 1. The SMILES string of the molecule is COCCNC(=O)C1N(C(=O)C(O)C(Cc2ccccc2)NC(=O)c2cccc(O)c2C)CC(F)(F)C1(C)C. The zero-order chi connectivity index (χ0) is 29.0. The molecule has 1 aliphatic heterocycles. The van der Waals surface area contributed by atoms with E-state index in [0.29, 0.717) is 16.0 Å². The van der Waals surface area contributed by atoms with Gasteiger partial charge < -0.3 is 30.5 Å². The van der Waals surface area contributed by atoms with Gasteiger partial charge >= 0.3 is 0 Å². The fourth-order valence-corrected chi connectivity index (χ4v) is 4.71. The third kappa shape index (κ3) is 6.36. The number of benzene rings is 2. The van der Waals surface area contributed by atoms with Gasteiger partial charge in [-0.2, -0.15) is 0 Å². The summed E-state index contributed by atoms with van der Waals surface area (Å²) in [5.74, 6) is -6.11. The molecule has 11 heteroatoms. The molecule has 1 heterocycles. The van der Waals surface area contributed by atoms with E-state index in [1.54, 1.807) is 37.3 Å². The zero-order valence-electron chi connectivity index (χ0n) is 22.4. The van der Waals surface area contributed by atoms with E-state index in [2.05, 4.69) is 10.6 Å². The van der Waals surface area contributed by atoms with Crippen molar-refractivity contribution in [2.75, 3.05) is 26.8 Å². The van der Waals surface area contributed by atoms with E-state index in [0.717, 1.165) is 0 Å². The zero-order valence-corrected chi connectivity index (χ0v) is 22.4. The molecule has 4 N–H and O–H groups in total. The van der Waals surface area contributed by atoms with Gasteiger partial charge in [0.05, 0.1) is 24.6 Å². The van der Waals surface area contributed by atoms with Crippen molar-refractivity contribution in [2.24, 2.45) is 5.41 Å². The summed E-state index contributed by atoms with van der Waals surface area (Å²) >= 11 is 0. The van der Waals surface area contributed by atoms with Gasteiger partial charge in [0.1, 0.15) is 11.8 Å². The Balaban J connectivity index is 1.92. The summed E-state index contributed by atoms with van der Waals surface area (Å²) < 4.78 is 35.1. The molecular formula is C28H35F2N3O6. The Morgan fingerprint density at radius 3 is 2.44 bits per heavy atom. The molecule has 0 aliphatic carbocycles. The van der Waals surface area contributed by atoms with Crippen molar-refractivity contribution < 1.29 is 38.1 Å². The normalized spacial score (nSPS) is 19.3. The minimum absolute atomic E-state index is 0.00429. The molecule has 1 fully saturated rings. The third-order valence-electron chi connectivity index (χ3n) is 7.24. The lowest BCUT2D eigenvalue weighted by Gasteiger charge is -2.34. The number of halogens is 2. The maximum Gasteiger partial charge on any atom is 0.272 e. The highest BCUT2D eigenvalue weighted by Crippen LogP contribution is 2.48. The Hall–Kier alpha value is -3.57. The second kappa shape index (κ2) is 12.1. The summed E-state index contributed by atoms with van der Waals surface area (Å²) in [6.07, 6.45) is -1.96. The van der Waals surface area contributed by atoms with Crippen LogP contribution in [0.15, 0.2) is 48.5 Å². The van der Waals surface area contributed by atoms with Gasteiger partial charge in [0.25, 0.3) is 17.7 Å². The van der Waals surface area contributed by atoms with Crippen LogP contribution in [0.2, 0.25) is 0 Å². The van der Waals surface area contributed by atoms with Crippen LogP contribution in [-0.2, 0) is 20.7 Å². The molecule has 39 heavy (non-hydrogen) atoms. The Bertz CT molecular complexity index is 1190. The van der Waals surface area contributed by atoms with Crippen LogP contribution in [0.3, 0.4) is 0 Å². The molecule has 1 saturated heterocycles. The van der Waals surface area contributed by atoms with Crippen molar-refractivity contribution >= 4 is 17.7 Å². The molecule has 3 atom stereocenters. The Kier molecular flexibility index (Phi) is 9.29. The van der Waals surface area contributed by atoms with E-state index in [1.807, 2.05) is 0 Å². The average Bonchev–Trinajstić information content (AvgIpc) is 3.08. The number of amides is 3. The van der Waals surface area contributed by atoms with E-state index in [9.17, 15) is 24.6 Å². The Morgan fingerprint density at radius 2 is 1.79 bits per heavy atom. The summed E-state index contributed by atoms with van der Waals surface area (Å²) in [6, 6.07) is 10.3. The number of nitrogens with one attached hydrogen (secondary N) is 2. The standard InChI is InChI=1S/C28H35F2N3O6/c1-17-19(11-8-12-21(17)34)24(36)32-20(15-18-9-6-5-7-10-18)22(35)26(38)33-16-28(29,30)27(2,3)23(33)25(37)31-13-14-39-4/h5-12,20,22-23,34-35H,13-16H2,1-4H3,(H,31,37)(H,32,36). The van der Waals surface area contributed by atoms with Crippen molar-refractivity contribution in [1.29, 1.82) is 0 Å². The maximum atomic E-state index is 15.1. The number of hydrogen-bond acceptors (Lipinski definition) is 6. The van der Waals surface area contributed by atoms with E-state index >= 15 is 8.78 Å². The molecule has 1 aliphatic rings. The molecule has 0 bridgehead atoms. The van der Waals surface area contributed by atoms with Crippen LogP contribution in [0.25, 0.3) is 0 Å². The fourth-order valence-electron chi connectivity index (χ4n) is 4.71. The third-order valence-corrected chi connectivity index (χ3v) is 7.24. The lowest BCUT2D eigenvalue weighted by molar-refractivity contribution is -0.148. The van der Waals surface area contributed by atoms with Crippen molar-refractivity contribution in [2.45, 2.75) is 51.3 Å². The first-order chi connectivity index (χ1) is 18.3. The molecule has 0 spiro atoms. The molecule has 9 nitrogen and oxygen atoms in total. The van der Waals surface area contributed by atoms with Gasteiger partial charge in [-0.25, -0.2) is 8.78 Å². The number of ether oxygens (including phenoxy) is 1. The largest absolute Gasteiger partial charge is 0.508 e. The molecule has 3 amide bonds. The maximum absolute atomic E-state index is 15.1. The molecule has 0 radical (unpaired) electrons. The number of nitrogens with zero attached hydrogens (tertiary/aromatic N) is 1. The van der Waals surface area contributed by atoms with E-state index in [1.165, 1.54) is 39.2 Å². The number of aromatic hydroxyl groups is 1. The number of phenolic OH excluding ortho intramolecular Hbond substituents is 1. The van der Waals surface area contributed by atoms with Crippen molar-refractivity contribution in [3.63, 3.8) is 0 Å². The number of rotatable bonds is 10. The van der Waals surface area contributed by atoms with Crippen molar-refractivity contribution in [1.82, 2.24) is 15.5 Å². The number of carbonyl (C=O) groups excluding carboxylic acids is 3. The lowest BCUT2D eigenvalue weighted by Crippen LogP contribution is -2.58. The Morgan fingerprint density at radius 1 is 1.13 bits per heavy atom. The predicted molar refractivity (Wildman–Crippen MR) is 139 cm³/mol. The molecule has 0 aromatic heterocycles. The smallest absolute Gasteiger partial charge is 0.272 e. The first-order valence-corrected chi connectivity index (χ1v) is 12.6. The molecule has 0 saturated carbocycles. The van der Waals surface area contributed by atoms with Gasteiger partial charge in [-0.3, -0.25) is 14.4 Å². The Labute approximate surface area is 226 Å². The van der Waals surface area contributed by atoms with E-state index < -0.39 is 53.8 Å². The summed E-state index contributed by atoms with van der Waals surface area (Å²) in [7, 11) is 1.42. The van der Waals surface area contributed by atoms with Crippen molar-refractivity contribution in [3.05, 3.63) is 65.2 Å². The molecule has 2 aromatic rings. The van der Waals surface area contributed by atoms with Crippen LogP contribution in [0.5, 0.6) is 5.75 Å². The van der Waals surface area contributed by atoms with Crippen LogP contribution in [0, 0.1) is 12.3 Å². The number of likely N-dealkylation sites (tertiary alicyclic amines) is 1. The monoisotopic (exact) mass is 547 g/mol. The highest BCUT2D eigenvalue weighted by molar-refractivity contribution is 5.97. The average molecular weight is 548 g/mol. The van der Waals surface area contributed by atoms with Crippen LogP contribution < -0.4 is 10.6 Å². The first kappa shape index (κ1) is 30.0. The van der Waals surface area contributed by atoms with E-state index in [-0.39, 0.29) is 30.9 Å². The van der Waals surface area contributed by atoms with Gasteiger partial charge in [0, 0.05) is 24.8 Å². The minimum Gasteiger partial charge on any atom is -0.508 e. The molecule has 212 valence electrons. The van der Waals surface area contributed by atoms with Crippen LogP contribution in [0.4, 0.5) is 8.78 Å². The fraction of sp³-hybridized carbons (Fsp3) is 0.464. The van der Waals surface area contributed by atoms with E-state index in [4.69, 9.17) is 4.74 Å². The molecule has 3 unspecified atom stereocenters. The summed E-state index contributed by atoms with van der Waals surface area (Å²) in [5.41, 5.74) is -0.848. The molecule has 3 rings (SSSR count). The van der Waals surface area contributed by atoms with Crippen molar-refractivity contribution in [3.8, 4) is 5.75 Å². The number of carbonyl (C=O) groups is 3. The second-order valence-corrected chi connectivity index (χ2v) is 10.2. The van der Waals surface area contributed by atoms with Crippen LogP contribution in [-0.4, -0.2) is 83.8 Å². The summed E-state index contributed by atoms with van der Waals surface area (Å²) in [5, 5.41) is 26.4. The van der Waals surface area contributed by atoms with Gasteiger partial charge in [-0.05, 0) is 31.0 Å². The summed E-state index contributed by atoms with van der Waals surface area (Å²) in [6.45, 7) is 3.05. The van der Waals surface area contributed by atoms with Gasteiger partial charge in [-0.15, -0.1) is 0 Å². The van der Waals surface area contributed by atoms with Gasteiger partial charge in [0.15, 0.2) is 6.10 Å². The summed E-state index contributed by atoms with van der Waals surface area (Å²) in [4.78, 5) is 40.4. The molecular weight excluding hydrogens is 512 g/mol. The van der Waals surface area contributed by atoms with Crippen LogP contribution >= 0.6 is 0 Å². The second-order valence-electron chi connectivity index (χ2n) is 10.2. The number of aliphatic hydroxyl groups excluding tert-OH is 1. The van der Waals surface area contributed by atoms with Crippen LogP contribution in [0.1, 0.15) is 35.3 Å².